The third-order valence-electron chi connectivity index (χ3n) is 4.61. The van der Waals surface area contributed by atoms with Crippen molar-refractivity contribution in [3.8, 4) is 0 Å². The van der Waals surface area contributed by atoms with Crippen molar-refractivity contribution >= 4 is 33.3 Å². The lowest BCUT2D eigenvalue weighted by atomic mass is 9.91. The Bertz CT molecular complexity index is 1120. The minimum absolute atomic E-state index is 0.00163. The van der Waals surface area contributed by atoms with Crippen molar-refractivity contribution in [2.24, 2.45) is 7.05 Å². The molecule has 0 aliphatic carbocycles. The van der Waals surface area contributed by atoms with Crippen LogP contribution in [-0.4, -0.2) is 47.0 Å². The van der Waals surface area contributed by atoms with Gasteiger partial charge in [-0.15, -0.1) is 0 Å². The lowest BCUT2D eigenvalue weighted by Gasteiger charge is -2.42. The van der Waals surface area contributed by atoms with Gasteiger partial charge >= 0.3 is 51.3 Å². The zero-order valence-corrected chi connectivity index (χ0v) is 18.1. The van der Waals surface area contributed by atoms with Gasteiger partial charge < -0.3 is 0 Å². The van der Waals surface area contributed by atoms with Crippen LogP contribution in [0.2, 0.25) is 0 Å². The Morgan fingerprint density at radius 1 is 0.583 bits per heavy atom. The van der Waals surface area contributed by atoms with Gasteiger partial charge in [0.1, 0.15) is 11.7 Å². The molecule has 0 saturated carbocycles. The van der Waals surface area contributed by atoms with Gasteiger partial charge in [0.25, 0.3) is 0 Å². The van der Waals surface area contributed by atoms with E-state index in [0.29, 0.717) is 4.57 Å². The van der Waals surface area contributed by atoms with Crippen LogP contribution in [0.5, 0.6) is 0 Å². The topological polar surface area (TPSA) is 3.88 Å². The quantitative estimate of drug-likeness (QED) is 0.170. The Balaban J connectivity index is 2.59. The number of halogens is 17. The van der Waals surface area contributed by atoms with Crippen LogP contribution >= 0.6 is 23.1 Å². The molecule has 1 nitrogen and oxygen atoms in total. The molecule has 1 aromatic heterocycles. The van der Waals surface area contributed by atoms with Crippen LogP contribution in [0.25, 0.3) is 10.2 Å². The van der Waals surface area contributed by atoms with Gasteiger partial charge in [0.15, 0.2) is 0 Å². The maximum Gasteiger partial charge on any atom is 0.460 e. The second-order valence-electron chi connectivity index (χ2n) is 6.96. The molecule has 0 spiro atoms. The van der Waals surface area contributed by atoms with E-state index in [4.69, 9.17) is 0 Å². The van der Waals surface area contributed by atoms with Crippen LogP contribution in [0, 0.1) is 0 Å². The largest absolute Gasteiger partial charge is 0.460 e. The molecule has 0 unspecified atom stereocenters. The first kappa shape index (κ1) is 30.5. The fourth-order valence-electron chi connectivity index (χ4n) is 2.49. The van der Waals surface area contributed by atoms with Gasteiger partial charge in [-0.05, 0) is 6.07 Å². The monoisotopic (exact) mass is 600 g/mol. The molecule has 36 heavy (non-hydrogen) atoms. The third kappa shape index (κ3) is 3.96. The molecule has 0 amide bonds. The van der Waals surface area contributed by atoms with Gasteiger partial charge in [-0.25, -0.2) is 0 Å². The number of hydrogen-bond acceptors (Lipinski definition) is 2. The molecular formula is C16H7F17NS2+. The lowest BCUT2D eigenvalue weighted by Crippen LogP contribution is -2.74. The van der Waals surface area contributed by atoms with E-state index in [2.05, 4.69) is 0 Å². The van der Waals surface area contributed by atoms with Gasteiger partial charge in [0.2, 0.25) is 5.52 Å². The van der Waals surface area contributed by atoms with E-state index in [9.17, 15) is 74.6 Å². The first-order valence-electron chi connectivity index (χ1n) is 8.50. The molecule has 20 heteroatoms. The molecule has 2 rings (SSSR count). The summed E-state index contributed by atoms with van der Waals surface area (Å²) in [5.74, 6) is -49.9. The van der Waals surface area contributed by atoms with Crippen molar-refractivity contribution < 1.29 is 79.2 Å². The van der Waals surface area contributed by atoms with Crippen molar-refractivity contribution in [2.75, 3.05) is 0 Å². The molecule has 0 aliphatic rings. The molecule has 0 N–H and O–H groups in total. The molecule has 0 fully saturated rings. The molecule has 2 aromatic rings. The number of nitrogens with zero attached hydrogens (tertiary/aromatic N) is 1. The summed E-state index contributed by atoms with van der Waals surface area (Å²) < 4.78 is 226. The van der Waals surface area contributed by atoms with Gasteiger partial charge in [-0.3, -0.25) is 0 Å². The van der Waals surface area contributed by atoms with E-state index in [-0.39, 0.29) is 21.6 Å². The molecule has 0 atom stereocenters. The number of thiazole rings is 1. The number of benzene rings is 1. The van der Waals surface area contributed by atoms with E-state index in [1.807, 2.05) is 0 Å². The number of aromatic nitrogens is 1. The normalized spacial score (nSPS) is 15.6. The zero-order chi connectivity index (χ0) is 28.6. The standard InChI is InChI=1S/C16H7F17NS2/c1-34-6-4-2-3-5-7(6)35-8(34)36-16(32,33)14(27,28)12(23,24)10(19,20)9(17,18)11(21,22)13(25,26)15(29,30)31/h2-5H,1H3/q+1. The maximum atomic E-state index is 14.2. The van der Waals surface area contributed by atoms with E-state index < -0.39 is 63.1 Å². The molecule has 1 heterocycles. The number of aryl methyl sites for hydroxylation is 1. The fourth-order valence-corrected chi connectivity index (χ4v) is 4.83. The maximum absolute atomic E-state index is 14.2. The summed E-state index contributed by atoms with van der Waals surface area (Å²) in [6.07, 6.45) is -7.77. The predicted molar refractivity (Wildman–Crippen MR) is 89.5 cm³/mol. The highest BCUT2D eigenvalue weighted by molar-refractivity contribution is 8.02. The van der Waals surface area contributed by atoms with Crippen LogP contribution in [0.3, 0.4) is 0 Å². The molecule has 1 aromatic carbocycles. The van der Waals surface area contributed by atoms with E-state index in [1.54, 1.807) is 0 Å². The van der Waals surface area contributed by atoms with E-state index in [0.717, 1.165) is 7.05 Å². The first-order valence-corrected chi connectivity index (χ1v) is 10.1. The predicted octanol–water partition coefficient (Wildman–Crippen LogP) is 7.78. The van der Waals surface area contributed by atoms with Gasteiger partial charge in [-0.1, -0.05) is 23.5 Å². The van der Waals surface area contributed by atoms with Crippen LogP contribution in [0.1, 0.15) is 0 Å². The highest BCUT2D eigenvalue weighted by atomic mass is 32.2. The lowest BCUT2D eigenvalue weighted by molar-refractivity contribution is -0.677. The number of hydrogen-bond donors (Lipinski definition) is 0. The zero-order valence-electron chi connectivity index (χ0n) is 16.5. The number of rotatable bonds is 8. The van der Waals surface area contributed by atoms with E-state index >= 15 is 0 Å². The molecule has 0 saturated heterocycles. The molecular weight excluding hydrogens is 593 g/mol. The summed E-state index contributed by atoms with van der Waals surface area (Å²) >= 11 is -1.41. The minimum atomic E-state index is -8.63. The van der Waals surface area contributed by atoms with E-state index in [1.165, 1.54) is 24.3 Å². The highest BCUT2D eigenvalue weighted by Gasteiger charge is 2.95. The van der Waals surface area contributed by atoms with Crippen LogP contribution < -0.4 is 4.57 Å². The molecule has 206 valence electrons. The van der Waals surface area contributed by atoms with Gasteiger partial charge in [-0.2, -0.15) is 79.2 Å². The second-order valence-corrected chi connectivity index (χ2v) is 9.35. The van der Waals surface area contributed by atoms with Crippen molar-refractivity contribution in [3.63, 3.8) is 0 Å². The molecule has 0 bridgehead atoms. The Hall–Kier alpha value is -1.73. The Kier molecular flexibility index (Phi) is 7.10. The summed E-state index contributed by atoms with van der Waals surface area (Å²) in [6, 6.07) is 4.99. The summed E-state index contributed by atoms with van der Waals surface area (Å²) in [5.41, 5.74) is 0.00163. The first-order chi connectivity index (χ1) is 15.7. The summed E-state index contributed by atoms with van der Waals surface area (Å²) in [5, 5.41) is -6.53. The van der Waals surface area contributed by atoms with Crippen LogP contribution in [-0.2, 0) is 7.05 Å². The smallest absolute Gasteiger partial charge is 0.192 e. The average Bonchev–Trinajstić information content (AvgIpc) is 3.01. The second kappa shape index (κ2) is 8.39. The number of alkyl halides is 17. The summed E-state index contributed by atoms with van der Waals surface area (Å²) in [6.45, 7) is 0. The third-order valence-corrected chi connectivity index (χ3v) is 7.08. The van der Waals surface area contributed by atoms with Gasteiger partial charge in [0, 0.05) is 17.8 Å². The van der Waals surface area contributed by atoms with Crippen LogP contribution in [0.4, 0.5) is 74.6 Å². The summed E-state index contributed by atoms with van der Waals surface area (Å²) in [4.78, 5) is 0. The summed E-state index contributed by atoms with van der Waals surface area (Å²) in [7, 11) is 0.899. The average molecular weight is 600 g/mol. The number of para-hydroxylation sites is 1. The fraction of sp³-hybridized carbons (Fsp3) is 0.562. The Morgan fingerprint density at radius 3 is 1.39 bits per heavy atom. The molecule has 0 radical (unpaired) electrons. The van der Waals surface area contributed by atoms with Crippen molar-refractivity contribution in [1.29, 1.82) is 0 Å². The Morgan fingerprint density at radius 2 is 0.972 bits per heavy atom. The minimum Gasteiger partial charge on any atom is -0.192 e. The number of fused-ring (bicyclic) bond motifs is 1. The van der Waals surface area contributed by atoms with Gasteiger partial charge in [0.05, 0.1) is 0 Å². The number of thioether (sulfide) groups is 1. The van der Waals surface area contributed by atoms with Crippen molar-refractivity contribution in [3.05, 3.63) is 24.3 Å². The van der Waals surface area contributed by atoms with Crippen molar-refractivity contribution in [1.82, 2.24) is 0 Å². The van der Waals surface area contributed by atoms with Crippen LogP contribution in [0.15, 0.2) is 28.6 Å². The van der Waals surface area contributed by atoms with Crippen molar-refractivity contribution in [2.45, 2.75) is 51.3 Å². The SMILES string of the molecule is C[n+]1c(SC(F)(F)C(F)(F)C(F)(F)C(F)(F)C(F)(F)C(F)(F)C(F)(F)C(F)(F)F)sc2ccccc21. The molecule has 0 aliphatic heterocycles. The highest BCUT2D eigenvalue weighted by Crippen LogP contribution is 2.65. The Labute approximate surface area is 195 Å².